The van der Waals surface area contributed by atoms with E-state index < -0.39 is 0 Å². The number of hydrogen-bond acceptors (Lipinski definition) is 5. The summed E-state index contributed by atoms with van der Waals surface area (Å²) in [5.41, 5.74) is 0. The number of carbonyl (C=O) groups excluding carboxylic acids is 1. The van der Waals surface area contributed by atoms with E-state index >= 15 is 0 Å². The van der Waals surface area contributed by atoms with Gasteiger partial charge >= 0.3 is 0 Å². The van der Waals surface area contributed by atoms with Crippen molar-refractivity contribution in [3.63, 3.8) is 0 Å². The van der Waals surface area contributed by atoms with Gasteiger partial charge in [-0.1, -0.05) is 23.9 Å². The molecule has 2 heterocycles. The van der Waals surface area contributed by atoms with Crippen molar-refractivity contribution in [3.8, 4) is 0 Å². The standard InChI is InChI=1S/C16H20N4OS2/c1-3-8-17-15(21)11(2)23-16-19-18-14(20(16)12-6-7-12)10-13-5-4-9-22-13/h3-5,9,11-12H,1,6-8,10H2,2H3,(H,17,21). The molecule has 0 saturated heterocycles. The number of nitrogens with one attached hydrogen (secondary N) is 1. The van der Waals surface area contributed by atoms with Gasteiger partial charge in [-0.05, 0) is 31.2 Å². The number of hydrogen-bond donors (Lipinski definition) is 1. The van der Waals surface area contributed by atoms with E-state index in [9.17, 15) is 4.79 Å². The number of aromatic nitrogens is 3. The zero-order valence-electron chi connectivity index (χ0n) is 13.1. The smallest absolute Gasteiger partial charge is 0.233 e. The molecule has 0 aromatic carbocycles. The summed E-state index contributed by atoms with van der Waals surface area (Å²) in [5, 5.41) is 14.3. The van der Waals surface area contributed by atoms with Crippen LogP contribution >= 0.6 is 23.1 Å². The fourth-order valence-electron chi connectivity index (χ4n) is 2.30. The van der Waals surface area contributed by atoms with Crippen LogP contribution in [0.5, 0.6) is 0 Å². The summed E-state index contributed by atoms with van der Waals surface area (Å²) in [4.78, 5) is 13.3. The quantitative estimate of drug-likeness (QED) is 0.588. The maximum absolute atomic E-state index is 12.0. The van der Waals surface area contributed by atoms with Crippen LogP contribution in [0.4, 0.5) is 0 Å². The van der Waals surface area contributed by atoms with Gasteiger partial charge in [0, 0.05) is 23.9 Å². The molecule has 5 nitrogen and oxygen atoms in total. The Morgan fingerprint density at radius 3 is 3.09 bits per heavy atom. The van der Waals surface area contributed by atoms with Crippen LogP contribution in [0.15, 0.2) is 35.3 Å². The third-order valence-corrected chi connectivity index (χ3v) is 5.56. The second kappa shape index (κ2) is 7.31. The molecule has 1 N–H and O–H groups in total. The van der Waals surface area contributed by atoms with Gasteiger partial charge in [0.15, 0.2) is 5.16 Å². The van der Waals surface area contributed by atoms with Gasteiger partial charge in [-0.15, -0.1) is 28.1 Å². The normalized spacial score (nSPS) is 15.3. The summed E-state index contributed by atoms with van der Waals surface area (Å²) < 4.78 is 2.22. The molecule has 1 aliphatic carbocycles. The first-order valence-electron chi connectivity index (χ1n) is 7.70. The van der Waals surface area contributed by atoms with Crippen LogP contribution in [0.25, 0.3) is 0 Å². The molecule has 1 saturated carbocycles. The fourth-order valence-corrected chi connectivity index (χ4v) is 3.97. The van der Waals surface area contributed by atoms with Gasteiger partial charge in [0.2, 0.25) is 5.91 Å². The van der Waals surface area contributed by atoms with Crippen molar-refractivity contribution >= 4 is 29.0 Å². The lowest BCUT2D eigenvalue weighted by Crippen LogP contribution is -2.31. The molecule has 23 heavy (non-hydrogen) atoms. The highest BCUT2D eigenvalue weighted by Gasteiger charge is 2.31. The SMILES string of the molecule is C=CCNC(=O)C(C)Sc1nnc(Cc2cccs2)n1C1CC1. The molecule has 7 heteroatoms. The topological polar surface area (TPSA) is 59.8 Å². The van der Waals surface area contributed by atoms with Gasteiger partial charge in [0.1, 0.15) is 5.82 Å². The maximum Gasteiger partial charge on any atom is 0.233 e. The van der Waals surface area contributed by atoms with E-state index in [1.54, 1.807) is 17.4 Å². The molecule has 0 bridgehead atoms. The lowest BCUT2D eigenvalue weighted by molar-refractivity contribution is -0.120. The number of rotatable bonds is 8. The summed E-state index contributed by atoms with van der Waals surface area (Å²) in [6.45, 7) is 6.00. The summed E-state index contributed by atoms with van der Waals surface area (Å²) in [5.74, 6) is 0.996. The van der Waals surface area contributed by atoms with Crippen LogP contribution in [0.3, 0.4) is 0 Å². The first-order chi connectivity index (χ1) is 11.2. The van der Waals surface area contributed by atoms with Crippen LogP contribution in [0.2, 0.25) is 0 Å². The van der Waals surface area contributed by atoms with Crippen molar-refractivity contribution < 1.29 is 4.79 Å². The largest absolute Gasteiger partial charge is 0.352 e. The van der Waals surface area contributed by atoms with Crippen molar-refractivity contribution in [2.24, 2.45) is 0 Å². The average molecular weight is 348 g/mol. The van der Waals surface area contributed by atoms with E-state index in [0.717, 1.165) is 17.4 Å². The summed E-state index contributed by atoms with van der Waals surface area (Å²) in [6.07, 6.45) is 4.82. The number of nitrogens with zero attached hydrogens (tertiary/aromatic N) is 3. The predicted octanol–water partition coefficient (Wildman–Crippen LogP) is 3.05. The van der Waals surface area contributed by atoms with Gasteiger partial charge in [-0.3, -0.25) is 4.79 Å². The van der Waals surface area contributed by atoms with Crippen LogP contribution < -0.4 is 5.32 Å². The van der Waals surface area contributed by atoms with Crippen molar-refractivity contribution in [2.75, 3.05) is 6.54 Å². The Labute approximate surface area is 144 Å². The van der Waals surface area contributed by atoms with E-state index in [-0.39, 0.29) is 11.2 Å². The Kier molecular flexibility index (Phi) is 5.17. The fraction of sp³-hybridized carbons (Fsp3) is 0.438. The molecule has 2 aromatic heterocycles. The highest BCUT2D eigenvalue weighted by atomic mass is 32.2. The van der Waals surface area contributed by atoms with Gasteiger partial charge < -0.3 is 9.88 Å². The first kappa shape index (κ1) is 16.3. The molecule has 0 spiro atoms. The van der Waals surface area contributed by atoms with Crippen molar-refractivity contribution in [1.82, 2.24) is 20.1 Å². The molecule has 0 aliphatic heterocycles. The van der Waals surface area contributed by atoms with Crippen LogP contribution in [-0.4, -0.2) is 32.5 Å². The molecule has 1 atom stereocenters. The van der Waals surface area contributed by atoms with Gasteiger partial charge in [-0.25, -0.2) is 0 Å². The number of thiophene rings is 1. The van der Waals surface area contributed by atoms with Crippen molar-refractivity contribution in [3.05, 3.63) is 40.9 Å². The van der Waals surface area contributed by atoms with E-state index in [2.05, 4.69) is 44.2 Å². The highest BCUT2D eigenvalue weighted by Crippen LogP contribution is 2.40. The number of amides is 1. The second-order valence-corrected chi connectivity index (χ2v) is 7.89. The van der Waals surface area contributed by atoms with Crippen LogP contribution in [-0.2, 0) is 11.2 Å². The van der Waals surface area contributed by atoms with Gasteiger partial charge in [0.05, 0.1) is 5.25 Å². The molecule has 0 radical (unpaired) electrons. The Bertz CT molecular complexity index is 676. The molecule has 1 unspecified atom stereocenters. The predicted molar refractivity (Wildman–Crippen MR) is 93.9 cm³/mol. The minimum Gasteiger partial charge on any atom is -0.352 e. The minimum atomic E-state index is -0.203. The van der Waals surface area contributed by atoms with E-state index in [4.69, 9.17) is 0 Å². The molecular formula is C16H20N4OS2. The molecule has 1 amide bonds. The zero-order valence-corrected chi connectivity index (χ0v) is 14.7. The Hall–Kier alpha value is -1.60. The van der Waals surface area contributed by atoms with Gasteiger partial charge in [-0.2, -0.15) is 0 Å². The Morgan fingerprint density at radius 1 is 1.61 bits per heavy atom. The van der Waals surface area contributed by atoms with Gasteiger partial charge in [0.25, 0.3) is 0 Å². The lowest BCUT2D eigenvalue weighted by Gasteiger charge is -2.12. The zero-order chi connectivity index (χ0) is 16.2. The maximum atomic E-state index is 12.0. The lowest BCUT2D eigenvalue weighted by atomic mass is 10.3. The van der Waals surface area contributed by atoms with E-state index in [1.807, 2.05) is 6.92 Å². The van der Waals surface area contributed by atoms with Crippen molar-refractivity contribution in [1.29, 1.82) is 0 Å². The first-order valence-corrected chi connectivity index (χ1v) is 9.46. The highest BCUT2D eigenvalue weighted by molar-refractivity contribution is 8.00. The summed E-state index contributed by atoms with van der Waals surface area (Å²) in [6, 6.07) is 4.67. The molecule has 1 aliphatic rings. The van der Waals surface area contributed by atoms with Crippen LogP contribution in [0, 0.1) is 0 Å². The molecule has 1 fully saturated rings. The Morgan fingerprint density at radius 2 is 2.43 bits per heavy atom. The third kappa shape index (κ3) is 4.03. The second-order valence-electron chi connectivity index (χ2n) is 5.55. The molecule has 2 aromatic rings. The molecular weight excluding hydrogens is 328 g/mol. The monoisotopic (exact) mass is 348 g/mol. The minimum absolute atomic E-state index is 0.0000498. The van der Waals surface area contributed by atoms with E-state index in [1.165, 1.54) is 29.5 Å². The Balaban J connectivity index is 1.73. The van der Waals surface area contributed by atoms with Crippen LogP contribution in [0.1, 0.15) is 36.5 Å². The summed E-state index contributed by atoms with van der Waals surface area (Å²) >= 11 is 3.21. The van der Waals surface area contributed by atoms with E-state index in [0.29, 0.717) is 12.6 Å². The number of thioether (sulfide) groups is 1. The number of carbonyl (C=O) groups is 1. The van der Waals surface area contributed by atoms with Crippen molar-refractivity contribution in [2.45, 2.75) is 42.6 Å². The average Bonchev–Trinajstić information content (AvgIpc) is 3.10. The third-order valence-electron chi connectivity index (χ3n) is 3.63. The molecule has 122 valence electrons. The molecule has 3 rings (SSSR count). The summed E-state index contributed by atoms with van der Waals surface area (Å²) in [7, 11) is 0.